The van der Waals surface area contributed by atoms with Crippen LogP contribution in [0, 0.1) is 0 Å². The minimum Gasteiger partial charge on any atom is -0.299 e. The van der Waals surface area contributed by atoms with Gasteiger partial charge in [0.05, 0.1) is 0 Å². The van der Waals surface area contributed by atoms with Crippen molar-refractivity contribution in [3.05, 3.63) is 11.1 Å². The predicted molar refractivity (Wildman–Crippen MR) is 45.1 cm³/mol. The third kappa shape index (κ3) is 1.40. The van der Waals surface area contributed by atoms with E-state index in [1.54, 1.807) is 5.57 Å². The average molecular weight is 139 g/mol. The normalized spacial score (nSPS) is 27.6. The topological polar surface area (TPSA) is 3.24 Å². The maximum Gasteiger partial charge on any atom is 0.0195 e. The maximum atomic E-state index is 2.41. The van der Waals surface area contributed by atoms with E-state index in [4.69, 9.17) is 0 Å². The van der Waals surface area contributed by atoms with E-state index in [1.807, 2.05) is 0 Å². The fraction of sp³-hybridized carbons (Fsp3) is 0.778. The molecule has 0 aromatic heterocycles. The minimum atomic E-state index is 0.755. The molecule has 1 unspecified atom stereocenters. The van der Waals surface area contributed by atoms with E-state index in [0.29, 0.717) is 0 Å². The zero-order valence-electron chi connectivity index (χ0n) is 7.44. The molecule has 1 aliphatic heterocycles. The molecule has 1 fully saturated rings. The van der Waals surface area contributed by atoms with Crippen molar-refractivity contribution < 1.29 is 0 Å². The third-order valence-electron chi connectivity index (χ3n) is 2.44. The van der Waals surface area contributed by atoms with Gasteiger partial charge in [-0.1, -0.05) is 11.1 Å². The molecule has 58 valence electrons. The highest BCUT2D eigenvalue weighted by Gasteiger charge is 2.20. The number of hydrogen-bond donors (Lipinski definition) is 0. The Hall–Kier alpha value is -0.300. The summed E-state index contributed by atoms with van der Waals surface area (Å²) < 4.78 is 0. The van der Waals surface area contributed by atoms with Crippen LogP contribution in [0.3, 0.4) is 0 Å². The van der Waals surface area contributed by atoms with Crippen LogP contribution in [0.25, 0.3) is 0 Å². The maximum absolute atomic E-state index is 2.41. The first kappa shape index (κ1) is 7.80. The number of likely N-dealkylation sites (N-methyl/N-ethyl adjacent to an activating group) is 1. The summed E-state index contributed by atoms with van der Waals surface area (Å²) in [6, 6.07) is 0.755. The Kier molecular flexibility index (Phi) is 2.14. The van der Waals surface area contributed by atoms with E-state index in [-0.39, 0.29) is 0 Å². The summed E-state index contributed by atoms with van der Waals surface area (Å²) >= 11 is 0. The Bertz CT molecular complexity index is 142. The van der Waals surface area contributed by atoms with Gasteiger partial charge >= 0.3 is 0 Å². The lowest BCUT2D eigenvalue weighted by atomic mass is 10.1. The van der Waals surface area contributed by atoms with E-state index >= 15 is 0 Å². The summed E-state index contributed by atoms with van der Waals surface area (Å²) in [6.07, 6.45) is 1.28. The summed E-state index contributed by atoms with van der Waals surface area (Å²) in [5.74, 6) is 0. The highest BCUT2D eigenvalue weighted by molar-refractivity contribution is 5.17. The molecule has 1 rings (SSSR count). The molecule has 1 nitrogen and oxygen atoms in total. The lowest BCUT2D eigenvalue weighted by Gasteiger charge is -2.11. The Morgan fingerprint density at radius 3 is 2.30 bits per heavy atom. The van der Waals surface area contributed by atoms with Gasteiger partial charge in [-0.3, -0.25) is 4.90 Å². The number of hydrogen-bond acceptors (Lipinski definition) is 1. The summed E-state index contributed by atoms with van der Waals surface area (Å²) in [7, 11) is 2.20. The molecule has 1 atom stereocenters. The molecule has 0 aromatic rings. The molecule has 0 spiro atoms. The smallest absolute Gasteiger partial charge is 0.0195 e. The van der Waals surface area contributed by atoms with E-state index in [0.717, 1.165) is 6.04 Å². The lowest BCUT2D eigenvalue weighted by Crippen LogP contribution is -2.20. The molecule has 0 radical (unpaired) electrons. The summed E-state index contributed by atoms with van der Waals surface area (Å²) in [4.78, 5) is 2.41. The van der Waals surface area contributed by atoms with Crippen molar-refractivity contribution in [3.63, 3.8) is 0 Å². The molecular weight excluding hydrogens is 122 g/mol. The zero-order chi connectivity index (χ0) is 7.72. The van der Waals surface area contributed by atoms with Crippen LogP contribution in [0.2, 0.25) is 0 Å². The molecule has 1 heteroatoms. The predicted octanol–water partition coefficient (Wildman–Crippen LogP) is 2.05. The van der Waals surface area contributed by atoms with Gasteiger partial charge in [0.15, 0.2) is 0 Å². The fourth-order valence-electron chi connectivity index (χ4n) is 1.40. The van der Waals surface area contributed by atoms with Gasteiger partial charge in [-0.15, -0.1) is 0 Å². The van der Waals surface area contributed by atoms with Crippen LogP contribution in [-0.2, 0) is 0 Å². The Balaban J connectivity index is 2.66. The number of likely N-dealkylation sites (tertiary alicyclic amines) is 1. The second-order valence-corrected chi connectivity index (χ2v) is 3.57. The molecule has 0 saturated carbocycles. The van der Waals surface area contributed by atoms with Crippen LogP contribution in [0.5, 0.6) is 0 Å². The van der Waals surface area contributed by atoms with Crippen LogP contribution < -0.4 is 0 Å². The van der Waals surface area contributed by atoms with Crippen molar-refractivity contribution in [2.45, 2.75) is 33.2 Å². The van der Waals surface area contributed by atoms with Crippen molar-refractivity contribution >= 4 is 0 Å². The molecule has 1 saturated heterocycles. The van der Waals surface area contributed by atoms with Gasteiger partial charge in [0.25, 0.3) is 0 Å². The molecule has 0 N–H and O–H groups in total. The molecule has 0 amide bonds. The van der Waals surface area contributed by atoms with Crippen molar-refractivity contribution in [2.75, 3.05) is 13.6 Å². The molecule has 10 heavy (non-hydrogen) atoms. The van der Waals surface area contributed by atoms with Crippen LogP contribution in [0.15, 0.2) is 11.1 Å². The lowest BCUT2D eigenvalue weighted by molar-refractivity contribution is 0.332. The van der Waals surface area contributed by atoms with Gasteiger partial charge in [0.2, 0.25) is 0 Å². The second kappa shape index (κ2) is 2.75. The largest absolute Gasteiger partial charge is 0.299 e. The van der Waals surface area contributed by atoms with E-state index in [2.05, 4.69) is 32.7 Å². The minimum absolute atomic E-state index is 0.755. The fourth-order valence-corrected chi connectivity index (χ4v) is 1.40. The first-order valence-electron chi connectivity index (χ1n) is 3.96. The van der Waals surface area contributed by atoms with E-state index < -0.39 is 0 Å². The Labute approximate surface area is 63.7 Å². The second-order valence-electron chi connectivity index (χ2n) is 3.57. The standard InChI is InChI=1S/C9H17N/c1-7(2)9-5-8(3)10(4)6-9/h8H,5-6H2,1-4H3. The molecule has 0 aromatic carbocycles. The van der Waals surface area contributed by atoms with Crippen molar-refractivity contribution in [1.29, 1.82) is 0 Å². The molecule has 1 heterocycles. The summed E-state index contributed by atoms with van der Waals surface area (Å²) in [5.41, 5.74) is 3.14. The Morgan fingerprint density at radius 2 is 2.10 bits per heavy atom. The number of allylic oxidation sites excluding steroid dienone is 1. The van der Waals surface area contributed by atoms with Gasteiger partial charge in [-0.2, -0.15) is 0 Å². The van der Waals surface area contributed by atoms with Gasteiger partial charge in [-0.25, -0.2) is 0 Å². The summed E-state index contributed by atoms with van der Waals surface area (Å²) in [5, 5.41) is 0. The van der Waals surface area contributed by atoms with Crippen LogP contribution in [0.4, 0.5) is 0 Å². The zero-order valence-corrected chi connectivity index (χ0v) is 7.44. The number of rotatable bonds is 0. The summed E-state index contributed by atoms with van der Waals surface area (Å²) in [6.45, 7) is 7.89. The third-order valence-corrected chi connectivity index (χ3v) is 2.44. The molecular formula is C9H17N. The van der Waals surface area contributed by atoms with Gasteiger partial charge in [-0.05, 0) is 34.2 Å². The first-order chi connectivity index (χ1) is 4.61. The SMILES string of the molecule is CC(C)=C1CC(C)N(C)C1. The Morgan fingerprint density at radius 1 is 1.50 bits per heavy atom. The van der Waals surface area contributed by atoms with Crippen molar-refractivity contribution in [1.82, 2.24) is 4.90 Å². The van der Waals surface area contributed by atoms with Crippen LogP contribution in [-0.4, -0.2) is 24.5 Å². The molecule has 0 bridgehead atoms. The number of nitrogens with zero attached hydrogens (tertiary/aromatic N) is 1. The van der Waals surface area contributed by atoms with Crippen LogP contribution in [0.1, 0.15) is 27.2 Å². The quantitative estimate of drug-likeness (QED) is 0.464. The monoisotopic (exact) mass is 139 g/mol. The van der Waals surface area contributed by atoms with Crippen molar-refractivity contribution in [2.24, 2.45) is 0 Å². The highest BCUT2D eigenvalue weighted by Crippen LogP contribution is 2.22. The van der Waals surface area contributed by atoms with Gasteiger partial charge < -0.3 is 0 Å². The molecule has 1 aliphatic rings. The van der Waals surface area contributed by atoms with E-state index in [9.17, 15) is 0 Å². The van der Waals surface area contributed by atoms with Crippen LogP contribution >= 0.6 is 0 Å². The van der Waals surface area contributed by atoms with Gasteiger partial charge in [0, 0.05) is 12.6 Å². The highest BCUT2D eigenvalue weighted by atomic mass is 15.1. The average Bonchev–Trinajstić information content (AvgIpc) is 2.13. The van der Waals surface area contributed by atoms with Gasteiger partial charge in [0.1, 0.15) is 0 Å². The van der Waals surface area contributed by atoms with E-state index in [1.165, 1.54) is 18.5 Å². The first-order valence-corrected chi connectivity index (χ1v) is 3.96. The van der Waals surface area contributed by atoms with Crippen molar-refractivity contribution in [3.8, 4) is 0 Å². The molecule has 0 aliphatic carbocycles.